The lowest BCUT2D eigenvalue weighted by Gasteiger charge is -2.25. The van der Waals surface area contributed by atoms with E-state index in [1.54, 1.807) is 80.2 Å². The Bertz CT molecular complexity index is 1140. The molecule has 1 unspecified atom stereocenters. The number of carbonyl (C=O) groups excluding carboxylic acids is 2. The molecule has 6 nitrogen and oxygen atoms in total. The first-order valence-corrected chi connectivity index (χ1v) is 9.94. The lowest BCUT2D eigenvalue weighted by molar-refractivity contribution is -0.140. The lowest BCUT2D eigenvalue weighted by atomic mass is 9.95. The minimum Gasteiger partial charge on any atom is -0.507 e. The molecule has 31 heavy (non-hydrogen) atoms. The van der Waals surface area contributed by atoms with E-state index in [1.807, 2.05) is 0 Å². The molecule has 1 fully saturated rings. The fourth-order valence-corrected chi connectivity index (χ4v) is 3.75. The average molecular weight is 435 g/mol. The molecule has 2 aromatic carbocycles. The SMILES string of the molecule is COc1ccc(C(O)=C2C(=O)C(=O)N(Cc3ccncc3)C2c2ccc(Cl)cc2)cc1. The number of rotatable bonds is 5. The van der Waals surface area contributed by atoms with Gasteiger partial charge in [0.2, 0.25) is 0 Å². The van der Waals surface area contributed by atoms with Crippen molar-refractivity contribution in [2.45, 2.75) is 12.6 Å². The zero-order chi connectivity index (χ0) is 22.0. The van der Waals surface area contributed by atoms with Crippen LogP contribution in [-0.4, -0.2) is 33.8 Å². The van der Waals surface area contributed by atoms with Crippen LogP contribution in [-0.2, 0) is 16.1 Å². The van der Waals surface area contributed by atoms with E-state index < -0.39 is 17.7 Å². The zero-order valence-electron chi connectivity index (χ0n) is 16.7. The molecular weight excluding hydrogens is 416 g/mol. The predicted molar refractivity (Wildman–Crippen MR) is 117 cm³/mol. The maximum absolute atomic E-state index is 13.0. The van der Waals surface area contributed by atoms with Gasteiger partial charge in [0, 0.05) is 29.5 Å². The zero-order valence-corrected chi connectivity index (χ0v) is 17.4. The van der Waals surface area contributed by atoms with Gasteiger partial charge in [-0.2, -0.15) is 0 Å². The monoisotopic (exact) mass is 434 g/mol. The van der Waals surface area contributed by atoms with Crippen LogP contribution < -0.4 is 4.74 Å². The second-order valence-electron chi connectivity index (χ2n) is 7.06. The molecule has 1 atom stereocenters. The third-order valence-electron chi connectivity index (χ3n) is 5.19. The van der Waals surface area contributed by atoms with E-state index in [-0.39, 0.29) is 17.9 Å². The summed E-state index contributed by atoms with van der Waals surface area (Å²) in [5, 5.41) is 11.6. The van der Waals surface area contributed by atoms with Gasteiger partial charge in [0.15, 0.2) is 0 Å². The van der Waals surface area contributed by atoms with Crippen LogP contribution in [0.1, 0.15) is 22.7 Å². The second-order valence-corrected chi connectivity index (χ2v) is 7.50. The van der Waals surface area contributed by atoms with Gasteiger partial charge in [0.25, 0.3) is 11.7 Å². The Morgan fingerprint density at radius 3 is 2.29 bits per heavy atom. The summed E-state index contributed by atoms with van der Waals surface area (Å²) in [5.41, 5.74) is 1.95. The molecule has 1 N–H and O–H groups in total. The van der Waals surface area contributed by atoms with Crippen molar-refractivity contribution in [2.75, 3.05) is 7.11 Å². The van der Waals surface area contributed by atoms with Crippen LogP contribution in [0.3, 0.4) is 0 Å². The highest BCUT2D eigenvalue weighted by molar-refractivity contribution is 6.46. The van der Waals surface area contributed by atoms with Crippen LogP contribution in [0.25, 0.3) is 5.76 Å². The van der Waals surface area contributed by atoms with Crippen LogP contribution in [0.2, 0.25) is 5.02 Å². The summed E-state index contributed by atoms with van der Waals surface area (Å²) >= 11 is 6.04. The summed E-state index contributed by atoms with van der Waals surface area (Å²) in [5.74, 6) is -1.03. The van der Waals surface area contributed by atoms with Crippen molar-refractivity contribution in [3.05, 3.63) is 100 Å². The van der Waals surface area contributed by atoms with Crippen LogP contribution in [0.5, 0.6) is 5.75 Å². The van der Waals surface area contributed by atoms with Gasteiger partial charge in [-0.1, -0.05) is 23.7 Å². The van der Waals surface area contributed by atoms with Crippen LogP contribution in [0, 0.1) is 0 Å². The number of Topliss-reactive ketones (excluding diaryl/α,β-unsaturated/α-hetero) is 1. The Morgan fingerprint density at radius 2 is 1.68 bits per heavy atom. The summed E-state index contributed by atoms with van der Waals surface area (Å²) in [4.78, 5) is 31.4. The lowest BCUT2D eigenvalue weighted by Crippen LogP contribution is -2.29. The minimum absolute atomic E-state index is 0.0338. The van der Waals surface area contributed by atoms with E-state index in [2.05, 4.69) is 4.98 Å². The largest absolute Gasteiger partial charge is 0.507 e. The number of benzene rings is 2. The number of carbonyl (C=O) groups is 2. The van der Waals surface area contributed by atoms with Gasteiger partial charge in [-0.25, -0.2) is 0 Å². The molecule has 0 bridgehead atoms. The Kier molecular flexibility index (Phi) is 5.73. The number of halogens is 1. The van der Waals surface area contributed by atoms with E-state index in [1.165, 1.54) is 4.90 Å². The molecular formula is C24H19ClN2O4. The van der Waals surface area contributed by atoms with Gasteiger partial charge < -0.3 is 14.7 Å². The molecule has 0 saturated carbocycles. The van der Waals surface area contributed by atoms with Crippen molar-refractivity contribution in [2.24, 2.45) is 0 Å². The standard InChI is InChI=1S/C24H19ClN2O4/c1-31-19-8-4-17(5-9-19)22(28)20-21(16-2-6-18(25)7-3-16)27(24(30)23(20)29)14-15-10-12-26-13-11-15/h2-13,21,28H,14H2,1H3. The van der Waals surface area contributed by atoms with Crippen molar-refractivity contribution in [3.63, 3.8) is 0 Å². The molecule has 0 radical (unpaired) electrons. The number of hydrogen-bond donors (Lipinski definition) is 1. The molecule has 1 amide bonds. The first-order valence-electron chi connectivity index (χ1n) is 9.57. The Morgan fingerprint density at radius 1 is 1.03 bits per heavy atom. The molecule has 156 valence electrons. The first kappa shape index (κ1) is 20.6. The molecule has 1 aliphatic rings. The smallest absolute Gasteiger partial charge is 0.295 e. The van der Waals surface area contributed by atoms with E-state index in [0.29, 0.717) is 21.9 Å². The summed E-state index contributed by atoms with van der Waals surface area (Å²) in [6.07, 6.45) is 3.25. The Balaban J connectivity index is 1.84. The number of aliphatic hydroxyl groups excluding tert-OH is 1. The number of methoxy groups -OCH3 is 1. The highest BCUT2D eigenvalue weighted by Gasteiger charge is 2.46. The van der Waals surface area contributed by atoms with Gasteiger partial charge in [-0.15, -0.1) is 0 Å². The highest BCUT2D eigenvalue weighted by atomic mass is 35.5. The number of ketones is 1. The van der Waals surface area contributed by atoms with Crippen molar-refractivity contribution in [3.8, 4) is 5.75 Å². The maximum atomic E-state index is 13.0. The number of ether oxygens (including phenoxy) is 1. The summed E-state index contributed by atoms with van der Waals surface area (Å²) in [6.45, 7) is 0.194. The topological polar surface area (TPSA) is 79.7 Å². The van der Waals surface area contributed by atoms with Gasteiger partial charge in [-0.3, -0.25) is 14.6 Å². The molecule has 1 aliphatic heterocycles. The van der Waals surface area contributed by atoms with Gasteiger partial charge in [0.1, 0.15) is 11.5 Å². The van der Waals surface area contributed by atoms with Gasteiger partial charge in [0.05, 0.1) is 18.7 Å². The number of amides is 1. The number of aromatic nitrogens is 1. The third kappa shape index (κ3) is 4.02. The molecule has 0 aliphatic carbocycles. The quantitative estimate of drug-likeness (QED) is 0.366. The summed E-state index contributed by atoms with van der Waals surface area (Å²) in [7, 11) is 1.54. The fraction of sp³-hybridized carbons (Fsp3) is 0.125. The van der Waals surface area contributed by atoms with E-state index in [0.717, 1.165) is 5.56 Å². The van der Waals surface area contributed by atoms with Crippen LogP contribution >= 0.6 is 11.6 Å². The number of pyridine rings is 1. The molecule has 0 spiro atoms. The van der Waals surface area contributed by atoms with E-state index in [4.69, 9.17) is 16.3 Å². The van der Waals surface area contributed by atoms with Crippen molar-refractivity contribution in [1.29, 1.82) is 0 Å². The van der Waals surface area contributed by atoms with Crippen molar-refractivity contribution in [1.82, 2.24) is 9.88 Å². The highest BCUT2D eigenvalue weighted by Crippen LogP contribution is 2.40. The van der Waals surface area contributed by atoms with E-state index >= 15 is 0 Å². The Labute approximate surface area is 184 Å². The molecule has 2 heterocycles. The summed E-state index contributed by atoms with van der Waals surface area (Å²) in [6, 6.07) is 16.3. The number of nitrogens with zero attached hydrogens (tertiary/aromatic N) is 2. The minimum atomic E-state index is -0.757. The molecule has 3 aromatic rings. The van der Waals surface area contributed by atoms with Crippen molar-refractivity contribution < 1.29 is 19.4 Å². The van der Waals surface area contributed by atoms with Gasteiger partial charge >= 0.3 is 0 Å². The molecule has 7 heteroatoms. The number of aliphatic hydroxyl groups is 1. The van der Waals surface area contributed by atoms with E-state index in [9.17, 15) is 14.7 Å². The van der Waals surface area contributed by atoms with Crippen molar-refractivity contribution >= 4 is 29.1 Å². The second kappa shape index (κ2) is 8.62. The van der Waals surface area contributed by atoms with Crippen LogP contribution in [0.4, 0.5) is 0 Å². The predicted octanol–water partition coefficient (Wildman–Crippen LogP) is 4.37. The number of likely N-dealkylation sites (tertiary alicyclic amines) is 1. The molecule has 1 saturated heterocycles. The third-order valence-corrected chi connectivity index (χ3v) is 5.44. The van der Waals surface area contributed by atoms with Crippen LogP contribution in [0.15, 0.2) is 78.6 Å². The Hall–Kier alpha value is -3.64. The normalized spacial score (nSPS) is 17.7. The first-order chi connectivity index (χ1) is 15.0. The average Bonchev–Trinajstić information content (AvgIpc) is 3.05. The molecule has 1 aromatic heterocycles. The maximum Gasteiger partial charge on any atom is 0.295 e. The van der Waals surface area contributed by atoms with Gasteiger partial charge in [-0.05, 0) is 59.7 Å². The number of hydrogen-bond acceptors (Lipinski definition) is 5. The molecule has 4 rings (SSSR count). The summed E-state index contributed by atoms with van der Waals surface area (Å²) < 4.78 is 5.15. The fourth-order valence-electron chi connectivity index (χ4n) is 3.62.